The zero-order chi connectivity index (χ0) is 16.8. The Kier molecular flexibility index (Phi) is 5.18. The van der Waals surface area contributed by atoms with Gasteiger partial charge in [0, 0.05) is 17.9 Å². The van der Waals surface area contributed by atoms with Crippen molar-refractivity contribution < 1.29 is 4.79 Å². The molecule has 0 saturated carbocycles. The third-order valence-electron chi connectivity index (χ3n) is 3.59. The van der Waals surface area contributed by atoms with Gasteiger partial charge in [-0.05, 0) is 54.7 Å². The third-order valence-corrected chi connectivity index (χ3v) is 4.41. The molecule has 0 aliphatic rings. The van der Waals surface area contributed by atoms with E-state index in [-0.39, 0.29) is 5.91 Å². The van der Waals surface area contributed by atoms with Gasteiger partial charge in [-0.15, -0.1) is 5.10 Å². The maximum absolute atomic E-state index is 12.1. The van der Waals surface area contributed by atoms with E-state index >= 15 is 0 Å². The smallest absolute Gasteiger partial charge is 0.269 e. The quantitative estimate of drug-likeness (QED) is 0.718. The highest BCUT2D eigenvalue weighted by Gasteiger charge is 2.12. The van der Waals surface area contributed by atoms with Crippen molar-refractivity contribution in [2.75, 3.05) is 17.2 Å². The van der Waals surface area contributed by atoms with Gasteiger partial charge in [0.1, 0.15) is 4.88 Å². The third kappa shape index (κ3) is 4.17. The van der Waals surface area contributed by atoms with Crippen molar-refractivity contribution in [1.29, 1.82) is 0 Å². The van der Waals surface area contributed by atoms with Crippen molar-refractivity contribution in [3.05, 3.63) is 70.7 Å². The minimum absolute atomic E-state index is 0.174. The van der Waals surface area contributed by atoms with Crippen LogP contribution >= 0.6 is 11.5 Å². The van der Waals surface area contributed by atoms with Gasteiger partial charge >= 0.3 is 0 Å². The largest absolute Gasteiger partial charge is 0.385 e. The average molecular weight is 338 g/mol. The van der Waals surface area contributed by atoms with Gasteiger partial charge < -0.3 is 10.6 Å². The SMILES string of the molecule is Cc1nnsc1C(=O)Nc1ccc(NCCc2ccccc2)cc1. The lowest BCUT2D eigenvalue weighted by atomic mass is 10.1. The molecule has 0 aliphatic heterocycles. The van der Waals surface area contributed by atoms with Crippen LogP contribution in [0.25, 0.3) is 0 Å². The van der Waals surface area contributed by atoms with Crippen molar-refractivity contribution in [2.45, 2.75) is 13.3 Å². The average Bonchev–Trinajstić information content (AvgIpc) is 3.04. The fourth-order valence-corrected chi connectivity index (χ4v) is 2.85. The second-order valence-corrected chi connectivity index (χ2v) is 6.14. The summed E-state index contributed by atoms with van der Waals surface area (Å²) in [4.78, 5) is 12.7. The summed E-state index contributed by atoms with van der Waals surface area (Å²) in [5.74, 6) is -0.174. The molecule has 3 rings (SSSR count). The lowest BCUT2D eigenvalue weighted by Crippen LogP contribution is -2.11. The molecule has 3 aromatic rings. The van der Waals surface area contributed by atoms with Crippen LogP contribution in [0.3, 0.4) is 0 Å². The normalized spacial score (nSPS) is 10.4. The number of amides is 1. The fraction of sp³-hybridized carbons (Fsp3) is 0.167. The maximum Gasteiger partial charge on any atom is 0.269 e. The summed E-state index contributed by atoms with van der Waals surface area (Å²) >= 11 is 1.10. The molecule has 1 amide bonds. The summed E-state index contributed by atoms with van der Waals surface area (Å²) < 4.78 is 3.78. The molecule has 5 nitrogen and oxygen atoms in total. The molecule has 0 bridgehead atoms. The van der Waals surface area contributed by atoms with E-state index in [4.69, 9.17) is 0 Å². The van der Waals surface area contributed by atoms with Crippen molar-refractivity contribution in [1.82, 2.24) is 9.59 Å². The topological polar surface area (TPSA) is 66.9 Å². The molecule has 0 atom stereocenters. The van der Waals surface area contributed by atoms with Crippen LogP contribution in [0.4, 0.5) is 11.4 Å². The van der Waals surface area contributed by atoms with E-state index in [1.807, 2.05) is 42.5 Å². The van der Waals surface area contributed by atoms with Gasteiger partial charge in [-0.1, -0.05) is 34.8 Å². The number of nitrogens with one attached hydrogen (secondary N) is 2. The van der Waals surface area contributed by atoms with E-state index in [9.17, 15) is 4.79 Å². The Labute approximate surface area is 144 Å². The predicted molar refractivity (Wildman–Crippen MR) is 97.7 cm³/mol. The van der Waals surface area contributed by atoms with Crippen LogP contribution in [0.1, 0.15) is 20.9 Å². The van der Waals surface area contributed by atoms with Crippen LogP contribution in [0.15, 0.2) is 54.6 Å². The van der Waals surface area contributed by atoms with E-state index in [1.165, 1.54) is 5.56 Å². The molecule has 6 heteroatoms. The Bertz CT molecular complexity index is 799. The molecule has 0 aliphatic carbocycles. The first-order valence-corrected chi connectivity index (χ1v) is 8.48. The Morgan fingerprint density at radius 2 is 1.75 bits per heavy atom. The Hall–Kier alpha value is -2.73. The minimum atomic E-state index is -0.174. The van der Waals surface area contributed by atoms with E-state index in [0.29, 0.717) is 10.6 Å². The number of carbonyl (C=O) groups excluding carboxylic acids is 1. The van der Waals surface area contributed by atoms with Crippen molar-refractivity contribution in [3.8, 4) is 0 Å². The molecule has 1 aromatic heterocycles. The van der Waals surface area contributed by atoms with Gasteiger partial charge in [0.15, 0.2) is 0 Å². The van der Waals surface area contributed by atoms with Gasteiger partial charge in [-0.2, -0.15) is 0 Å². The number of anilines is 2. The van der Waals surface area contributed by atoms with E-state index in [2.05, 4.69) is 32.4 Å². The van der Waals surface area contributed by atoms with Crippen LogP contribution in [0.5, 0.6) is 0 Å². The zero-order valence-corrected chi connectivity index (χ0v) is 14.1. The molecular formula is C18H18N4OS. The minimum Gasteiger partial charge on any atom is -0.385 e. The molecule has 122 valence electrons. The lowest BCUT2D eigenvalue weighted by molar-refractivity contribution is 0.103. The standard InChI is InChI=1S/C18H18N4OS/c1-13-17(24-22-21-13)18(23)20-16-9-7-15(8-10-16)19-12-11-14-5-3-2-4-6-14/h2-10,19H,11-12H2,1H3,(H,20,23). The highest BCUT2D eigenvalue weighted by atomic mass is 32.1. The van der Waals surface area contributed by atoms with Crippen molar-refractivity contribution >= 4 is 28.8 Å². The number of rotatable bonds is 6. The first kappa shape index (κ1) is 16.1. The second-order valence-electron chi connectivity index (χ2n) is 5.38. The summed E-state index contributed by atoms with van der Waals surface area (Å²) in [6, 6.07) is 18.0. The molecule has 0 unspecified atom stereocenters. The van der Waals surface area contributed by atoms with E-state index in [1.54, 1.807) is 6.92 Å². The zero-order valence-electron chi connectivity index (χ0n) is 13.3. The lowest BCUT2D eigenvalue weighted by Gasteiger charge is -2.08. The molecular weight excluding hydrogens is 320 g/mol. The molecule has 0 fully saturated rings. The summed E-state index contributed by atoms with van der Waals surface area (Å²) in [5, 5.41) is 10.1. The van der Waals surface area contributed by atoms with Gasteiger partial charge in [0.25, 0.3) is 5.91 Å². The number of hydrogen-bond donors (Lipinski definition) is 2. The Morgan fingerprint density at radius 3 is 2.42 bits per heavy atom. The summed E-state index contributed by atoms with van der Waals surface area (Å²) in [7, 11) is 0. The number of nitrogens with zero attached hydrogens (tertiary/aromatic N) is 2. The molecule has 1 heterocycles. The highest BCUT2D eigenvalue weighted by molar-refractivity contribution is 7.08. The number of benzene rings is 2. The summed E-state index contributed by atoms with van der Waals surface area (Å²) in [5.41, 5.74) is 3.74. The van der Waals surface area contributed by atoms with Crippen LogP contribution in [-0.2, 0) is 6.42 Å². The highest BCUT2D eigenvalue weighted by Crippen LogP contribution is 2.16. The first-order chi connectivity index (χ1) is 11.7. The Balaban J connectivity index is 1.52. The molecule has 0 radical (unpaired) electrons. The van der Waals surface area contributed by atoms with Crippen molar-refractivity contribution in [3.63, 3.8) is 0 Å². The maximum atomic E-state index is 12.1. The summed E-state index contributed by atoms with van der Waals surface area (Å²) in [6.45, 7) is 2.64. The van der Waals surface area contributed by atoms with Crippen LogP contribution in [0, 0.1) is 6.92 Å². The van der Waals surface area contributed by atoms with Crippen LogP contribution in [-0.4, -0.2) is 22.0 Å². The number of hydrogen-bond acceptors (Lipinski definition) is 5. The number of aromatic nitrogens is 2. The predicted octanol–water partition coefficient (Wildman–Crippen LogP) is 3.75. The molecule has 2 N–H and O–H groups in total. The summed E-state index contributed by atoms with van der Waals surface area (Å²) in [6.07, 6.45) is 0.969. The van der Waals surface area contributed by atoms with Gasteiger partial charge in [0.05, 0.1) is 5.69 Å². The van der Waals surface area contributed by atoms with E-state index < -0.39 is 0 Å². The fourth-order valence-electron chi connectivity index (χ4n) is 2.29. The molecule has 0 spiro atoms. The number of carbonyl (C=O) groups is 1. The Morgan fingerprint density at radius 1 is 1.04 bits per heavy atom. The molecule has 0 saturated heterocycles. The molecule has 2 aromatic carbocycles. The van der Waals surface area contributed by atoms with Gasteiger partial charge in [0.2, 0.25) is 0 Å². The number of aryl methyl sites for hydroxylation is 1. The van der Waals surface area contributed by atoms with Crippen molar-refractivity contribution in [2.24, 2.45) is 0 Å². The van der Waals surface area contributed by atoms with E-state index in [0.717, 1.165) is 35.9 Å². The monoisotopic (exact) mass is 338 g/mol. The first-order valence-electron chi connectivity index (χ1n) is 7.70. The second kappa shape index (κ2) is 7.70. The molecule has 24 heavy (non-hydrogen) atoms. The van der Waals surface area contributed by atoms with Gasteiger partial charge in [-0.25, -0.2) is 0 Å². The van der Waals surface area contributed by atoms with Crippen LogP contribution in [0.2, 0.25) is 0 Å². The van der Waals surface area contributed by atoms with Crippen LogP contribution < -0.4 is 10.6 Å². The van der Waals surface area contributed by atoms with Gasteiger partial charge in [-0.3, -0.25) is 4.79 Å².